The van der Waals surface area contributed by atoms with Gasteiger partial charge in [0.1, 0.15) is 5.69 Å². The van der Waals surface area contributed by atoms with Crippen molar-refractivity contribution in [3.8, 4) is 5.75 Å². The van der Waals surface area contributed by atoms with E-state index in [9.17, 15) is 9.18 Å². The van der Waals surface area contributed by atoms with Crippen LogP contribution in [-0.2, 0) is 19.9 Å². The number of aryl methyl sites for hydroxylation is 2. The van der Waals surface area contributed by atoms with Gasteiger partial charge in [0.25, 0.3) is 0 Å². The minimum Gasteiger partial charge on any atom is -0.494 e. The van der Waals surface area contributed by atoms with E-state index in [0.29, 0.717) is 11.3 Å². The third kappa shape index (κ3) is 2.87. The molecule has 0 bridgehead atoms. The number of aromatic nitrogens is 2. The minimum absolute atomic E-state index is 0.0794. The summed E-state index contributed by atoms with van der Waals surface area (Å²) in [6.07, 6.45) is 0.919. The molecule has 0 fully saturated rings. The van der Waals surface area contributed by atoms with Crippen molar-refractivity contribution in [3.63, 3.8) is 0 Å². The summed E-state index contributed by atoms with van der Waals surface area (Å²) >= 11 is 0. The van der Waals surface area contributed by atoms with Gasteiger partial charge in [-0.1, -0.05) is 13.0 Å². The van der Waals surface area contributed by atoms with Crippen molar-refractivity contribution in [3.05, 3.63) is 47.0 Å². The zero-order valence-electron chi connectivity index (χ0n) is 11.8. The number of nitrogens with zero attached hydrogens (tertiary/aromatic N) is 2. The number of carbonyl (C=O) groups is 1. The Labute approximate surface area is 117 Å². The number of hydrogen-bond donors (Lipinski definition) is 0. The van der Waals surface area contributed by atoms with Crippen LogP contribution in [0.5, 0.6) is 5.75 Å². The highest BCUT2D eigenvalue weighted by Crippen LogP contribution is 2.19. The molecule has 4 nitrogen and oxygen atoms in total. The molecule has 0 unspecified atom stereocenters. The molecule has 0 saturated carbocycles. The third-order valence-electron chi connectivity index (χ3n) is 3.16. The summed E-state index contributed by atoms with van der Waals surface area (Å²) < 4.78 is 20.0. The van der Waals surface area contributed by atoms with Gasteiger partial charge in [0.05, 0.1) is 12.8 Å². The minimum atomic E-state index is -0.461. The molecule has 0 spiro atoms. The van der Waals surface area contributed by atoms with Crippen molar-refractivity contribution in [2.45, 2.75) is 19.8 Å². The SMILES string of the molecule is CCc1cc(C(=O)Cc2ccc(OC)c(F)c2)n(C)n1. The topological polar surface area (TPSA) is 44.1 Å². The molecule has 0 amide bonds. The first-order valence-corrected chi connectivity index (χ1v) is 6.43. The summed E-state index contributed by atoms with van der Waals surface area (Å²) in [5.41, 5.74) is 2.03. The molecule has 0 aliphatic rings. The van der Waals surface area contributed by atoms with E-state index in [1.165, 1.54) is 19.2 Å². The lowest BCUT2D eigenvalue weighted by Crippen LogP contribution is -2.09. The second-order valence-corrected chi connectivity index (χ2v) is 4.57. The van der Waals surface area contributed by atoms with Crippen LogP contribution in [0.4, 0.5) is 4.39 Å². The van der Waals surface area contributed by atoms with Crippen molar-refractivity contribution in [1.82, 2.24) is 9.78 Å². The van der Waals surface area contributed by atoms with Gasteiger partial charge in [-0.25, -0.2) is 4.39 Å². The number of halogens is 1. The van der Waals surface area contributed by atoms with E-state index in [0.717, 1.165) is 12.1 Å². The van der Waals surface area contributed by atoms with Gasteiger partial charge in [-0.2, -0.15) is 5.10 Å². The van der Waals surface area contributed by atoms with Crippen molar-refractivity contribution in [2.24, 2.45) is 7.05 Å². The smallest absolute Gasteiger partial charge is 0.185 e. The lowest BCUT2D eigenvalue weighted by molar-refractivity contribution is 0.0984. The standard InChI is InChI=1S/C15H17FN2O2/c1-4-11-9-13(18(2)17-11)14(19)8-10-5-6-15(20-3)12(16)7-10/h5-7,9H,4,8H2,1-3H3. The van der Waals surface area contributed by atoms with Gasteiger partial charge in [0, 0.05) is 13.5 Å². The van der Waals surface area contributed by atoms with Crippen LogP contribution in [0.3, 0.4) is 0 Å². The number of benzene rings is 1. The summed E-state index contributed by atoms with van der Waals surface area (Å²) in [5.74, 6) is -0.365. The molecular weight excluding hydrogens is 259 g/mol. The number of carbonyl (C=O) groups excluding carboxylic acids is 1. The predicted octanol–water partition coefficient (Wildman–Crippen LogP) is 2.56. The van der Waals surface area contributed by atoms with Crippen LogP contribution >= 0.6 is 0 Å². The van der Waals surface area contributed by atoms with Crippen LogP contribution in [0.2, 0.25) is 0 Å². The van der Waals surface area contributed by atoms with Crippen molar-refractivity contribution in [1.29, 1.82) is 0 Å². The molecule has 0 aliphatic heterocycles. The highest BCUT2D eigenvalue weighted by atomic mass is 19.1. The normalized spacial score (nSPS) is 10.6. The van der Waals surface area contributed by atoms with E-state index in [1.54, 1.807) is 23.9 Å². The van der Waals surface area contributed by atoms with E-state index < -0.39 is 5.82 Å². The highest BCUT2D eigenvalue weighted by molar-refractivity contribution is 5.96. The molecule has 20 heavy (non-hydrogen) atoms. The van der Waals surface area contributed by atoms with E-state index in [2.05, 4.69) is 5.10 Å². The highest BCUT2D eigenvalue weighted by Gasteiger charge is 2.14. The van der Waals surface area contributed by atoms with Gasteiger partial charge < -0.3 is 4.74 Å². The first kappa shape index (κ1) is 14.2. The van der Waals surface area contributed by atoms with E-state index >= 15 is 0 Å². The lowest BCUT2D eigenvalue weighted by atomic mass is 10.1. The maximum Gasteiger partial charge on any atom is 0.185 e. The molecule has 2 rings (SSSR count). The summed E-state index contributed by atoms with van der Waals surface area (Å²) in [6.45, 7) is 1.98. The fraction of sp³-hybridized carbons (Fsp3) is 0.333. The van der Waals surface area contributed by atoms with Gasteiger partial charge in [-0.3, -0.25) is 9.48 Å². The molecule has 0 saturated heterocycles. The van der Waals surface area contributed by atoms with E-state index in [4.69, 9.17) is 4.74 Å². The number of hydrogen-bond acceptors (Lipinski definition) is 3. The Morgan fingerprint density at radius 2 is 2.15 bits per heavy atom. The molecule has 0 aliphatic carbocycles. The van der Waals surface area contributed by atoms with Gasteiger partial charge >= 0.3 is 0 Å². The number of Topliss-reactive ketones (excluding diaryl/α,β-unsaturated/α-hetero) is 1. The average Bonchev–Trinajstić information content (AvgIpc) is 2.80. The molecule has 1 heterocycles. The zero-order valence-corrected chi connectivity index (χ0v) is 11.8. The van der Waals surface area contributed by atoms with E-state index in [-0.39, 0.29) is 18.0 Å². The fourth-order valence-corrected chi connectivity index (χ4v) is 2.06. The second kappa shape index (κ2) is 5.86. The van der Waals surface area contributed by atoms with Gasteiger partial charge in [0.15, 0.2) is 17.3 Å². The number of ketones is 1. The lowest BCUT2D eigenvalue weighted by Gasteiger charge is -2.05. The number of rotatable bonds is 5. The Morgan fingerprint density at radius 3 is 2.70 bits per heavy atom. The van der Waals surface area contributed by atoms with Crippen molar-refractivity contribution in [2.75, 3.05) is 7.11 Å². The maximum atomic E-state index is 13.6. The Morgan fingerprint density at radius 1 is 1.40 bits per heavy atom. The summed E-state index contributed by atoms with van der Waals surface area (Å²) in [4.78, 5) is 12.2. The monoisotopic (exact) mass is 276 g/mol. The molecule has 0 radical (unpaired) electrons. The summed E-state index contributed by atoms with van der Waals surface area (Å²) in [5, 5.41) is 4.24. The Bertz CT molecular complexity index is 635. The molecule has 106 valence electrons. The van der Waals surface area contributed by atoms with Gasteiger partial charge in [-0.05, 0) is 30.2 Å². The largest absolute Gasteiger partial charge is 0.494 e. The quantitative estimate of drug-likeness (QED) is 0.788. The molecule has 0 N–H and O–H groups in total. The fourth-order valence-electron chi connectivity index (χ4n) is 2.06. The molecule has 5 heteroatoms. The first-order valence-electron chi connectivity index (χ1n) is 6.43. The summed E-state index contributed by atoms with van der Waals surface area (Å²) in [6, 6.07) is 6.33. The Kier molecular flexibility index (Phi) is 4.17. The van der Waals surface area contributed by atoms with Crippen LogP contribution < -0.4 is 4.74 Å². The van der Waals surface area contributed by atoms with Crippen LogP contribution in [-0.4, -0.2) is 22.7 Å². The van der Waals surface area contributed by atoms with Gasteiger partial charge in [0.2, 0.25) is 0 Å². The average molecular weight is 276 g/mol. The van der Waals surface area contributed by atoms with Crippen molar-refractivity contribution >= 4 is 5.78 Å². The molecule has 0 atom stereocenters. The van der Waals surface area contributed by atoms with E-state index in [1.807, 2.05) is 6.92 Å². The molecular formula is C15H17FN2O2. The van der Waals surface area contributed by atoms with Crippen LogP contribution in [0.25, 0.3) is 0 Å². The molecule has 1 aromatic heterocycles. The van der Waals surface area contributed by atoms with Gasteiger partial charge in [-0.15, -0.1) is 0 Å². The van der Waals surface area contributed by atoms with Crippen LogP contribution in [0, 0.1) is 5.82 Å². The Balaban J connectivity index is 2.18. The number of ether oxygens (including phenoxy) is 1. The summed E-state index contributed by atoms with van der Waals surface area (Å²) in [7, 11) is 3.14. The van der Waals surface area contributed by atoms with Crippen LogP contribution in [0.1, 0.15) is 28.7 Å². The molecule has 1 aromatic carbocycles. The number of methoxy groups -OCH3 is 1. The van der Waals surface area contributed by atoms with Crippen molar-refractivity contribution < 1.29 is 13.9 Å². The maximum absolute atomic E-state index is 13.6. The third-order valence-corrected chi connectivity index (χ3v) is 3.16. The second-order valence-electron chi connectivity index (χ2n) is 4.57. The predicted molar refractivity (Wildman–Crippen MR) is 73.6 cm³/mol. The first-order chi connectivity index (χ1) is 9.55. The molecule has 2 aromatic rings. The van der Waals surface area contributed by atoms with Crippen LogP contribution in [0.15, 0.2) is 24.3 Å². The Hall–Kier alpha value is -2.17. The zero-order chi connectivity index (χ0) is 14.7.